The standard InChI is InChI=1S/C14H10N6O2/c1-2-5-10(6-3-1)13-16-19-20(17-13)9-12-15-14(18-22-12)11-7-4-8-21-11/h1-8H,9H2. The minimum atomic E-state index is 0.244. The summed E-state index contributed by atoms with van der Waals surface area (Å²) >= 11 is 0. The summed E-state index contributed by atoms with van der Waals surface area (Å²) in [5.41, 5.74) is 0.899. The Morgan fingerprint density at radius 1 is 1.00 bits per heavy atom. The van der Waals surface area contributed by atoms with Crippen LogP contribution in [0, 0.1) is 0 Å². The summed E-state index contributed by atoms with van der Waals surface area (Å²) < 4.78 is 10.4. The Bertz CT molecular complexity index is 866. The molecule has 0 saturated carbocycles. The van der Waals surface area contributed by atoms with Gasteiger partial charge in [-0.1, -0.05) is 35.5 Å². The van der Waals surface area contributed by atoms with E-state index < -0.39 is 0 Å². The molecule has 0 atom stereocenters. The third kappa shape index (κ3) is 2.37. The largest absolute Gasteiger partial charge is 0.461 e. The lowest BCUT2D eigenvalue weighted by Gasteiger charge is -1.92. The highest BCUT2D eigenvalue weighted by molar-refractivity contribution is 5.53. The van der Waals surface area contributed by atoms with E-state index in [-0.39, 0.29) is 6.54 Å². The van der Waals surface area contributed by atoms with Crippen molar-refractivity contribution in [2.24, 2.45) is 0 Å². The molecule has 0 saturated heterocycles. The number of aromatic nitrogens is 6. The predicted molar refractivity (Wildman–Crippen MR) is 74.4 cm³/mol. The first-order valence-electron chi connectivity index (χ1n) is 6.58. The van der Waals surface area contributed by atoms with Gasteiger partial charge < -0.3 is 8.94 Å². The van der Waals surface area contributed by atoms with Gasteiger partial charge in [0.05, 0.1) is 6.26 Å². The zero-order chi connectivity index (χ0) is 14.8. The molecule has 1 aromatic carbocycles. The molecule has 3 heterocycles. The predicted octanol–water partition coefficient (Wildman–Crippen LogP) is 2.03. The number of nitrogens with zero attached hydrogens (tertiary/aromatic N) is 6. The van der Waals surface area contributed by atoms with Crippen molar-refractivity contribution in [3.63, 3.8) is 0 Å². The maximum absolute atomic E-state index is 5.21. The Kier molecular flexibility index (Phi) is 2.97. The molecule has 0 bridgehead atoms. The Morgan fingerprint density at radius 3 is 2.73 bits per heavy atom. The summed E-state index contributed by atoms with van der Waals surface area (Å²) in [6, 6.07) is 13.1. The van der Waals surface area contributed by atoms with Gasteiger partial charge in [-0.15, -0.1) is 10.2 Å². The third-order valence-corrected chi connectivity index (χ3v) is 2.97. The molecule has 0 spiro atoms. The highest BCUT2D eigenvalue weighted by Crippen LogP contribution is 2.16. The number of rotatable bonds is 4. The van der Waals surface area contributed by atoms with E-state index in [1.807, 2.05) is 30.3 Å². The van der Waals surface area contributed by atoms with Gasteiger partial charge in [-0.3, -0.25) is 0 Å². The molecule has 4 rings (SSSR count). The smallest absolute Gasteiger partial charge is 0.250 e. The molecule has 0 aliphatic carbocycles. The highest BCUT2D eigenvalue weighted by Gasteiger charge is 2.13. The Morgan fingerprint density at radius 2 is 1.91 bits per heavy atom. The van der Waals surface area contributed by atoms with Crippen LogP contribution in [-0.4, -0.2) is 30.3 Å². The molecule has 0 unspecified atom stereocenters. The zero-order valence-corrected chi connectivity index (χ0v) is 11.3. The van der Waals surface area contributed by atoms with Crippen molar-refractivity contribution in [1.29, 1.82) is 0 Å². The monoisotopic (exact) mass is 294 g/mol. The minimum absolute atomic E-state index is 0.244. The molecule has 108 valence electrons. The van der Waals surface area contributed by atoms with Gasteiger partial charge in [0.25, 0.3) is 5.89 Å². The first-order chi connectivity index (χ1) is 10.9. The van der Waals surface area contributed by atoms with Crippen LogP contribution in [0.1, 0.15) is 5.89 Å². The highest BCUT2D eigenvalue weighted by atomic mass is 16.5. The number of hydrogen-bond donors (Lipinski definition) is 0. The van der Waals surface area contributed by atoms with Crippen LogP contribution in [0.15, 0.2) is 57.7 Å². The molecule has 0 aliphatic rings. The molecule has 8 heteroatoms. The van der Waals surface area contributed by atoms with Crippen molar-refractivity contribution in [2.75, 3.05) is 0 Å². The van der Waals surface area contributed by atoms with E-state index in [2.05, 4.69) is 25.6 Å². The molecule has 4 aromatic rings. The zero-order valence-electron chi connectivity index (χ0n) is 11.3. The fourth-order valence-electron chi connectivity index (χ4n) is 1.96. The second kappa shape index (κ2) is 5.24. The quantitative estimate of drug-likeness (QED) is 0.568. The molecule has 0 fully saturated rings. The molecule has 8 nitrogen and oxygen atoms in total. The Labute approximate surface area is 124 Å². The van der Waals surface area contributed by atoms with Gasteiger partial charge in [0.15, 0.2) is 5.76 Å². The summed E-state index contributed by atoms with van der Waals surface area (Å²) in [6.45, 7) is 0.244. The molecule has 22 heavy (non-hydrogen) atoms. The summed E-state index contributed by atoms with van der Waals surface area (Å²) in [5, 5.41) is 16.1. The minimum Gasteiger partial charge on any atom is -0.461 e. The van der Waals surface area contributed by atoms with Crippen LogP contribution in [0.25, 0.3) is 23.0 Å². The van der Waals surface area contributed by atoms with Crippen LogP contribution in [0.5, 0.6) is 0 Å². The van der Waals surface area contributed by atoms with Crippen LogP contribution >= 0.6 is 0 Å². The van der Waals surface area contributed by atoms with Crippen LogP contribution in [-0.2, 0) is 6.54 Å². The second-order valence-corrected chi connectivity index (χ2v) is 4.50. The molecule has 0 amide bonds. The van der Waals surface area contributed by atoms with Crippen molar-refractivity contribution in [1.82, 2.24) is 30.3 Å². The van der Waals surface area contributed by atoms with Crippen molar-refractivity contribution >= 4 is 0 Å². The van der Waals surface area contributed by atoms with Gasteiger partial charge in [0.2, 0.25) is 11.6 Å². The Hall–Kier alpha value is -3.29. The number of tetrazole rings is 1. The van der Waals surface area contributed by atoms with Crippen LogP contribution in [0.3, 0.4) is 0 Å². The van der Waals surface area contributed by atoms with Crippen LogP contribution in [0.4, 0.5) is 0 Å². The third-order valence-electron chi connectivity index (χ3n) is 2.97. The number of hydrogen-bond acceptors (Lipinski definition) is 7. The van der Waals surface area contributed by atoms with Gasteiger partial charge in [-0.25, -0.2) is 0 Å². The maximum atomic E-state index is 5.21. The van der Waals surface area contributed by atoms with Gasteiger partial charge in [-0.2, -0.15) is 9.78 Å². The van der Waals surface area contributed by atoms with Crippen molar-refractivity contribution in [2.45, 2.75) is 6.54 Å². The lowest BCUT2D eigenvalue weighted by molar-refractivity contribution is 0.355. The summed E-state index contributed by atoms with van der Waals surface area (Å²) in [5.74, 6) is 1.87. The molecule has 0 N–H and O–H groups in total. The number of furan rings is 1. The summed E-state index contributed by atoms with van der Waals surface area (Å²) in [6.07, 6.45) is 1.55. The molecular formula is C14H10N6O2. The lowest BCUT2D eigenvalue weighted by atomic mass is 10.2. The SMILES string of the molecule is c1ccc(-c2nnn(Cc3nc(-c4ccco4)no3)n2)cc1. The van der Waals surface area contributed by atoms with E-state index in [0.29, 0.717) is 23.3 Å². The molecule has 0 aliphatic heterocycles. The van der Waals surface area contributed by atoms with Gasteiger partial charge in [0.1, 0.15) is 6.54 Å². The van der Waals surface area contributed by atoms with Gasteiger partial charge in [0, 0.05) is 5.56 Å². The Balaban J connectivity index is 1.54. The van der Waals surface area contributed by atoms with E-state index in [9.17, 15) is 0 Å². The summed E-state index contributed by atoms with van der Waals surface area (Å²) in [4.78, 5) is 5.63. The van der Waals surface area contributed by atoms with E-state index in [1.54, 1.807) is 18.4 Å². The van der Waals surface area contributed by atoms with E-state index in [4.69, 9.17) is 8.94 Å². The van der Waals surface area contributed by atoms with Gasteiger partial charge in [-0.05, 0) is 17.3 Å². The summed E-state index contributed by atoms with van der Waals surface area (Å²) in [7, 11) is 0. The first-order valence-corrected chi connectivity index (χ1v) is 6.58. The topological polar surface area (TPSA) is 95.7 Å². The van der Waals surface area contributed by atoms with E-state index in [0.717, 1.165) is 5.56 Å². The fourth-order valence-corrected chi connectivity index (χ4v) is 1.96. The van der Waals surface area contributed by atoms with E-state index in [1.165, 1.54) is 4.80 Å². The molecular weight excluding hydrogens is 284 g/mol. The van der Waals surface area contributed by atoms with Crippen molar-refractivity contribution in [3.8, 4) is 23.0 Å². The average molecular weight is 294 g/mol. The second-order valence-electron chi connectivity index (χ2n) is 4.50. The van der Waals surface area contributed by atoms with Gasteiger partial charge >= 0.3 is 0 Å². The average Bonchev–Trinajstić information content (AvgIpc) is 3.30. The maximum Gasteiger partial charge on any atom is 0.250 e. The van der Waals surface area contributed by atoms with E-state index >= 15 is 0 Å². The first kappa shape index (κ1) is 12.5. The van der Waals surface area contributed by atoms with Crippen LogP contribution < -0.4 is 0 Å². The normalized spacial score (nSPS) is 10.9. The molecule has 0 radical (unpaired) electrons. The fraction of sp³-hybridized carbons (Fsp3) is 0.0714. The number of benzene rings is 1. The lowest BCUT2D eigenvalue weighted by Crippen LogP contribution is -2.04. The van der Waals surface area contributed by atoms with Crippen molar-refractivity contribution in [3.05, 3.63) is 54.6 Å². The van der Waals surface area contributed by atoms with Crippen LogP contribution in [0.2, 0.25) is 0 Å². The van der Waals surface area contributed by atoms with Crippen molar-refractivity contribution < 1.29 is 8.94 Å². The molecule has 3 aromatic heterocycles.